The van der Waals surface area contributed by atoms with E-state index in [1.54, 1.807) is 18.2 Å². The largest absolute Gasteiger partial charge is 0.367 e. The molecule has 2 unspecified atom stereocenters. The number of halogens is 2. The fourth-order valence-corrected chi connectivity index (χ4v) is 2.49. The second kappa shape index (κ2) is 6.97. The maximum absolute atomic E-state index is 13.8. The van der Waals surface area contributed by atoms with Gasteiger partial charge in [-0.2, -0.15) is 0 Å². The van der Waals surface area contributed by atoms with Crippen LogP contribution in [0.4, 0.5) is 4.39 Å². The molecule has 0 saturated carbocycles. The quantitative estimate of drug-likeness (QED) is 0.887. The van der Waals surface area contributed by atoms with E-state index in [9.17, 15) is 4.39 Å². The highest BCUT2D eigenvalue weighted by molar-refractivity contribution is 9.10. The van der Waals surface area contributed by atoms with E-state index < -0.39 is 6.10 Å². The fourth-order valence-electron chi connectivity index (χ4n) is 2.04. The van der Waals surface area contributed by atoms with Crippen molar-refractivity contribution in [2.75, 3.05) is 0 Å². The molecule has 0 radical (unpaired) electrons. The highest BCUT2D eigenvalue weighted by Gasteiger charge is 2.20. The SMILES string of the molecule is CC(N)C(OCc1cccc(Br)c1)c1ccccc1F. The maximum Gasteiger partial charge on any atom is 0.129 e. The second-order valence-electron chi connectivity index (χ2n) is 4.74. The zero-order chi connectivity index (χ0) is 14.5. The molecule has 0 heterocycles. The van der Waals surface area contributed by atoms with Gasteiger partial charge in [0.25, 0.3) is 0 Å². The molecule has 0 aliphatic rings. The summed E-state index contributed by atoms with van der Waals surface area (Å²) in [6, 6.07) is 14.1. The predicted molar refractivity (Wildman–Crippen MR) is 81.7 cm³/mol. The van der Waals surface area contributed by atoms with E-state index in [0.717, 1.165) is 10.0 Å². The first-order valence-corrected chi connectivity index (χ1v) is 7.23. The van der Waals surface area contributed by atoms with E-state index in [0.29, 0.717) is 12.2 Å². The maximum atomic E-state index is 13.8. The Hall–Kier alpha value is -1.23. The van der Waals surface area contributed by atoms with Gasteiger partial charge in [0.2, 0.25) is 0 Å². The van der Waals surface area contributed by atoms with Crippen molar-refractivity contribution >= 4 is 15.9 Å². The monoisotopic (exact) mass is 337 g/mol. The molecular formula is C16H17BrFNO. The van der Waals surface area contributed by atoms with Crippen LogP contribution in [-0.2, 0) is 11.3 Å². The number of hydrogen-bond acceptors (Lipinski definition) is 2. The van der Waals surface area contributed by atoms with Crippen LogP contribution in [0.2, 0.25) is 0 Å². The Morgan fingerprint density at radius 3 is 2.60 bits per heavy atom. The van der Waals surface area contributed by atoms with Crippen LogP contribution in [0, 0.1) is 5.82 Å². The Morgan fingerprint density at radius 1 is 1.20 bits per heavy atom. The summed E-state index contributed by atoms with van der Waals surface area (Å²) in [4.78, 5) is 0. The molecule has 2 atom stereocenters. The lowest BCUT2D eigenvalue weighted by Gasteiger charge is -2.22. The Kier molecular flexibility index (Phi) is 5.29. The van der Waals surface area contributed by atoms with Gasteiger partial charge >= 0.3 is 0 Å². The van der Waals surface area contributed by atoms with Crippen LogP contribution in [-0.4, -0.2) is 6.04 Å². The third kappa shape index (κ3) is 3.88. The molecule has 0 aliphatic heterocycles. The zero-order valence-corrected chi connectivity index (χ0v) is 12.8. The van der Waals surface area contributed by atoms with Gasteiger partial charge < -0.3 is 10.5 Å². The number of nitrogens with two attached hydrogens (primary N) is 1. The lowest BCUT2D eigenvalue weighted by Crippen LogP contribution is -2.27. The molecule has 2 nitrogen and oxygen atoms in total. The van der Waals surface area contributed by atoms with Gasteiger partial charge in [0.15, 0.2) is 0 Å². The molecule has 2 aromatic carbocycles. The van der Waals surface area contributed by atoms with Crippen molar-refractivity contribution in [3.63, 3.8) is 0 Å². The first-order valence-electron chi connectivity index (χ1n) is 6.44. The molecular weight excluding hydrogens is 321 g/mol. The van der Waals surface area contributed by atoms with Crippen molar-refractivity contribution in [3.05, 3.63) is 69.9 Å². The smallest absolute Gasteiger partial charge is 0.129 e. The molecule has 0 saturated heterocycles. The van der Waals surface area contributed by atoms with Gasteiger partial charge in [0.05, 0.1) is 6.61 Å². The molecule has 2 N–H and O–H groups in total. The molecule has 0 spiro atoms. The lowest BCUT2D eigenvalue weighted by atomic mass is 10.0. The van der Waals surface area contributed by atoms with Crippen LogP contribution in [0.25, 0.3) is 0 Å². The van der Waals surface area contributed by atoms with E-state index in [1.165, 1.54) is 6.07 Å². The molecule has 0 bridgehead atoms. The Bertz CT molecular complexity index is 574. The minimum Gasteiger partial charge on any atom is -0.367 e. The summed E-state index contributed by atoms with van der Waals surface area (Å²) in [5.41, 5.74) is 7.44. The molecule has 0 amide bonds. The van der Waals surface area contributed by atoms with Crippen molar-refractivity contribution in [1.82, 2.24) is 0 Å². The van der Waals surface area contributed by atoms with E-state index in [4.69, 9.17) is 10.5 Å². The van der Waals surface area contributed by atoms with Gasteiger partial charge in [-0.25, -0.2) is 4.39 Å². The van der Waals surface area contributed by atoms with Crippen molar-refractivity contribution in [3.8, 4) is 0 Å². The standard InChI is InChI=1S/C16H17BrFNO/c1-11(19)16(14-7-2-3-8-15(14)18)20-10-12-5-4-6-13(17)9-12/h2-9,11,16H,10,19H2,1H3. The van der Waals surface area contributed by atoms with Crippen molar-refractivity contribution in [2.24, 2.45) is 5.73 Å². The van der Waals surface area contributed by atoms with Crippen molar-refractivity contribution in [2.45, 2.75) is 25.7 Å². The fraction of sp³-hybridized carbons (Fsp3) is 0.250. The molecule has 0 fully saturated rings. The van der Waals surface area contributed by atoms with Crippen LogP contribution in [0.1, 0.15) is 24.2 Å². The molecule has 2 aromatic rings. The molecule has 4 heteroatoms. The summed E-state index contributed by atoms with van der Waals surface area (Å²) < 4.78 is 20.7. The average molecular weight is 338 g/mol. The number of ether oxygens (including phenoxy) is 1. The van der Waals surface area contributed by atoms with Crippen LogP contribution in [0.3, 0.4) is 0 Å². The highest BCUT2D eigenvalue weighted by Crippen LogP contribution is 2.25. The average Bonchev–Trinajstić information content (AvgIpc) is 2.40. The van der Waals surface area contributed by atoms with Crippen molar-refractivity contribution < 1.29 is 9.13 Å². The first-order chi connectivity index (χ1) is 9.58. The topological polar surface area (TPSA) is 35.2 Å². The summed E-state index contributed by atoms with van der Waals surface area (Å²) in [5, 5.41) is 0. The van der Waals surface area contributed by atoms with Gasteiger partial charge in [0.1, 0.15) is 11.9 Å². The van der Waals surface area contributed by atoms with E-state index >= 15 is 0 Å². The van der Waals surface area contributed by atoms with Crippen LogP contribution < -0.4 is 5.73 Å². The normalized spacial score (nSPS) is 14.0. The summed E-state index contributed by atoms with van der Waals surface area (Å²) in [5.74, 6) is -0.288. The minimum atomic E-state index is -0.463. The van der Waals surface area contributed by atoms with Crippen LogP contribution in [0.15, 0.2) is 53.0 Å². The van der Waals surface area contributed by atoms with E-state index in [-0.39, 0.29) is 11.9 Å². The number of rotatable bonds is 5. The summed E-state index contributed by atoms with van der Waals surface area (Å²) >= 11 is 3.41. The zero-order valence-electron chi connectivity index (χ0n) is 11.2. The van der Waals surface area contributed by atoms with Crippen molar-refractivity contribution in [1.29, 1.82) is 0 Å². The molecule has 2 rings (SSSR count). The summed E-state index contributed by atoms with van der Waals surface area (Å²) in [7, 11) is 0. The van der Waals surface area contributed by atoms with E-state index in [2.05, 4.69) is 15.9 Å². The molecule has 0 aromatic heterocycles. The van der Waals surface area contributed by atoms with Crippen LogP contribution in [0.5, 0.6) is 0 Å². The predicted octanol–water partition coefficient (Wildman–Crippen LogP) is 4.19. The second-order valence-corrected chi connectivity index (χ2v) is 5.66. The first kappa shape index (κ1) is 15.2. The summed E-state index contributed by atoms with van der Waals surface area (Å²) in [6.45, 7) is 2.21. The molecule has 106 valence electrons. The molecule has 20 heavy (non-hydrogen) atoms. The Labute approximate surface area is 126 Å². The number of hydrogen-bond donors (Lipinski definition) is 1. The Morgan fingerprint density at radius 2 is 1.95 bits per heavy atom. The minimum absolute atomic E-state index is 0.288. The summed E-state index contributed by atoms with van der Waals surface area (Å²) in [6.07, 6.45) is -0.463. The van der Waals surface area contributed by atoms with Gasteiger partial charge in [0, 0.05) is 16.1 Å². The Balaban J connectivity index is 2.13. The van der Waals surface area contributed by atoms with Gasteiger partial charge in [-0.05, 0) is 30.7 Å². The molecule has 0 aliphatic carbocycles. The van der Waals surface area contributed by atoms with Gasteiger partial charge in [-0.15, -0.1) is 0 Å². The third-order valence-electron chi connectivity index (χ3n) is 3.01. The highest BCUT2D eigenvalue weighted by atomic mass is 79.9. The number of benzene rings is 2. The van der Waals surface area contributed by atoms with Gasteiger partial charge in [-0.3, -0.25) is 0 Å². The lowest BCUT2D eigenvalue weighted by molar-refractivity contribution is 0.0236. The van der Waals surface area contributed by atoms with Crippen LogP contribution >= 0.6 is 15.9 Å². The third-order valence-corrected chi connectivity index (χ3v) is 3.50. The van der Waals surface area contributed by atoms with Gasteiger partial charge in [-0.1, -0.05) is 46.3 Å². The van der Waals surface area contributed by atoms with E-state index in [1.807, 2.05) is 31.2 Å².